The summed E-state index contributed by atoms with van der Waals surface area (Å²) in [5, 5.41) is 7.55. The fourth-order valence-electron chi connectivity index (χ4n) is 2.62. The van der Waals surface area contributed by atoms with Crippen LogP contribution in [0.1, 0.15) is 26.7 Å². The van der Waals surface area contributed by atoms with Crippen molar-refractivity contribution in [1.29, 1.82) is 0 Å². The molecule has 0 saturated carbocycles. The summed E-state index contributed by atoms with van der Waals surface area (Å²) in [6.45, 7) is 2.03. The summed E-state index contributed by atoms with van der Waals surface area (Å²) < 4.78 is 0. The number of benzene rings is 1. The van der Waals surface area contributed by atoms with Crippen molar-refractivity contribution >= 4 is 28.9 Å². The third kappa shape index (κ3) is 3.85. The number of aryl methyl sites for hydroxylation is 1. The third-order valence-electron chi connectivity index (χ3n) is 3.92. The molecule has 1 unspecified atom stereocenters. The molecule has 1 aromatic heterocycles. The van der Waals surface area contributed by atoms with Crippen LogP contribution in [-0.2, 0) is 16.1 Å². The lowest BCUT2D eigenvalue weighted by Gasteiger charge is -2.22. The maximum atomic E-state index is 12.1. The van der Waals surface area contributed by atoms with Gasteiger partial charge in [-0.25, -0.2) is 4.98 Å². The van der Waals surface area contributed by atoms with Gasteiger partial charge in [0.1, 0.15) is 4.88 Å². The number of aromatic nitrogens is 1. The van der Waals surface area contributed by atoms with E-state index in [1.54, 1.807) is 0 Å². The molecule has 130 valence electrons. The number of nitrogens with two attached hydrogens (primary N) is 1. The zero-order valence-electron chi connectivity index (χ0n) is 13.7. The summed E-state index contributed by atoms with van der Waals surface area (Å²) in [6, 6.07) is 9.48. The van der Waals surface area contributed by atoms with Crippen molar-refractivity contribution in [3.63, 3.8) is 0 Å². The molecular weight excluding hydrogens is 340 g/mol. The van der Waals surface area contributed by atoms with E-state index in [0.717, 1.165) is 10.6 Å². The largest absolute Gasteiger partial charge is 0.378 e. The molecule has 1 aliphatic heterocycles. The van der Waals surface area contributed by atoms with Gasteiger partial charge < -0.3 is 15.9 Å². The summed E-state index contributed by atoms with van der Waals surface area (Å²) in [6.07, 6.45) is 2.11. The smallest absolute Gasteiger partial charge is 0.265 e. The minimum Gasteiger partial charge on any atom is -0.378 e. The summed E-state index contributed by atoms with van der Waals surface area (Å²) in [4.78, 5) is 34.0. The average Bonchev–Trinajstić information content (AvgIpc) is 3.21. The number of nitrogens with zero attached hydrogens (tertiary/aromatic N) is 2. The van der Waals surface area contributed by atoms with Crippen LogP contribution in [0.2, 0.25) is 0 Å². The molecule has 0 bridgehead atoms. The second-order valence-electron chi connectivity index (χ2n) is 5.87. The van der Waals surface area contributed by atoms with Crippen LogP contribution in [0.4, 0.5) is 0 Å². The Balaban J connectivity index is 1.62. The fraction of sp³-hybridized carbons (Fsp3) is 0.294. The first-order valence-corrected chi connectivity index (χ1v) is 8.58. The summed E-state index contributed by atoms with van der Waals surface area (Å²) in [5.74, 6) is -0.799. The van der Waals surface area contributed by atoms with Crippen LogP contribution in [-0.4, -0.2) is 34.7 Å². The van der Waals surface area contributed by atoms with Gasteiger partial charge in [-0.2, -0.15) is 0 Å². The van der Waals surface area contributed by atoms with Gasteiger partial charge in [-0.15, -0.1) is 11.3 Å². The van der Waals surface area contributed by atoms with Crippen LogP contribution in [0.5, 0.6) is 0 Å². The molecule has 25 heavy (non-hydrogen) atoms. The number of hydrogen-bond acceptors (Lipinski definition) is 6. The highest BCUT2D eigenvalue weighted by Crippen LogP contribution is 2.28. The lowest BCUT2D eigenvalue weighted by Crippen LogP contribution is -2.46. The van der Waals surface area contributed by atoms with E-state index >= 15 is 0 Å². The van der Waals surface area contributed by atoms with Crippen molar-refractivity contribution in [2.75, 3.05) is 6.54 Å². The van der Waals surface area contributed by atoms with Gasteiger partial charge in [0, 0.05) is 12.8 Å². The quantitative estimate of drug-likeness (QED) is 0.814. The molecule has 2 aromatic rings. The first-order valence-electron chi connectivity index (χ1n) is 7.77. The number of primary amides is 1. The first-order chi connectivity index (χ1) is 12.0. The molecule has 2 heterocycles. The number of carbonyl (C=O) groups is 2. The van der Waals surface area contributed by atoms with E-state index in [9.17, 15) is 9.59 Å². The highest BCUT2D eigenvalue weighted by atomic mass is 32.1. The summed E-state index contributed by atoms with van der Waals surface area (Å²) >= 11 is 1.32. The highest BCUT2D eigenvalue weighted by molar-refractivity contribution is 7.13. The predicted molar refractivity (Wildman–Crippen MR) is 94.4 cm³/mol. The third-order valence-corrected chi connectivity index (χ3v) is 4.83. The molecule has 0 spiro atoms. The van der Waals surface area contributed by atoms with Crippen molar-refractivity contribution in [3.8, 4) is 0 Å². The maximum absolute atomic E-state index is 12.1. The van der Waals surface area contributed by atoms with Crippen molar-refractivity contribution in [2.45, 2.75) is 25.4 Å². The Bertz CT molecular complexity index is 818. The normalized spacial score (nSPS) is 19.2. The number of nitrogens with one attached hydrogen (secondary N) is 1. The molecule has 0 radical (unpaired) electrons. The van der Waals surface area contributed by atoms with Gasteiger partial charge in [0.2, 0.25) is 5.60 Å². The minimum atomic E-state index is -1.21. The number of rotatable bonds is 6. The van der Waals surface area contributed by atoms with E-state index in [2.05, 4.69) is 15.5 Å². The van der Waals surface area contributed by atoms with Gasteiger partial charge in [0.15, 0.2) is 0 Å². The first kappa shape index (κ1) is 17.1. The fourth-order valence-corrected chi connectivity index (χ4v) is 3.31. The molecule has 0 saturated heterocycles. The van der Waals surface area contributed by atoms with E-state index in [0.29, 0.717) is 17.0 Å². The predicted octanol–water partition coefficient (Wildman–Crippen LogP) is 1.42. The Morgan fingerprint density at radius 2 is 2.12 bits per heavy atom. The molecule has 0 fully saturated rings. The lowest BCUT2D eigenvalue weighted by molar-refractivity contribution is -0.140. The van der Waals surface area contributed by atoms with E-state index in [4.69, 9.17) is 10.6 Å². The number of amides is 2. The molecule has 7 nitrogen and oxygen atoms in total. The van der Waals surface area contributed by atoms with Crippen LogP contribution in [0.15, 0.2) is 41.7 Å². The van der Waals surface area contributed by atoms with Crippen molar-refractivity contribution in [1.82, 2.24) is 10.3 Å². The molecular formula is C17H18N4O3S. The van der Waals surface area contributed by atoms with Gasteiger partial charge in [0.05, 0.1) is 23.5 Å². The Kier molecular flexibility index (Phi) is 4.80. The monoisotopic (exact) mass is 358 g/mol. The van der Waals surface area contributed by atoms with Crippen LogP contribution in [0.25, 0.3) is 0 Å². The molecule has 3 rings (SSSR count). The van der Waals surface area contributed by atoms with Crippen molar-refractivity contribution in [3.05, 3.63) is 52.0 Å². The Morgan fingerprint density at radius 3 is 2.76 bits per heavy atom. The molecule has 1 aliphatic rings. The van der Waals surface area contributed by atoms with E-state index in [1.165, 1.54) is 17.5 Å². The van der Waals surface area contributed by atoms with Crippen molar-refractivity contribution in [2.24, 2.45) is 10.9 Å². The molecule has 8 heteroatoms. The van der Waals surface area contributed by atoms with Gasteiger partial charge in [-0.1, -0.05) is 35.5 Å². The van der Waals surface area contributed by atoms with Crippen LogP contribution in [0.3, 0.4) is 0 Å². The molecule has 1 aromatic carbocycles. The lowest BCUT2D eigenvalue weighted by atomic mass is 9.89. The summed E-state index contributed by atoms with van der Waals surface area (Å²) in [7, 11) is 0. The van der Waals surface area contributed by atoms with Crippen LogP contribution < -0.4 is 11.1 Å². The standard InChI is InChI=1S/C17H18N4O3S/c1-11-19-10-14(25-11)15(22)20-9-13-8-17(16(18)23,24-21-13)7-12-5-3-2-4-6-12/h2-6,10H,7-9H2,1H3,(H2,18,23)(H,20,22). The number of thiazole rings is 1. The number of carbonyl (C=O) groups excluding carboxylic acids is 2. The summed E-state index contributed by atoms with van der Waals surface area (Å²) in [5.41, 5.74) is 5.86. The van der Waals surface area contributed by atoms with Gasteiger partial charge >= 0.3 is 0 Å². The second-order valence-corrected chi connectivity index (χ2v) is 7.11. The Morgan fingerprint density at radius 1 is 1.36 bits per heavy atom. The van der Waals surface area contributed by atoms with Gasteiger partial charge in [-0.05, 0) is 12.5 Å². The van der Waals surface area contributed by atoms with Crippen molar-refractivity contribution < 1.29 is 14.4 Å². The zero-order chi connectivity index (χ0) is 17.9. The number of oxime groups is 1. The maximum Gasteiger partial charge on any atom is 0.265 e. The Labute approximate surface area is 148 Å². The van der Waals surface area contributed by atoms with E-state index < -0.39 is 11.5 Å². The highest BCUT2D eigenvalue weighted by Gasteiger charge is 2.45. The second kappa shape index (κ2) is 7.02. The molecule has 2 amide bonds. The van der Waals surface area contributed by atoms with Crippen LogP contribution >= 0.6 is 11.3 Å². The van der Waals surface area contributed by atoms with E-state index in [-0.39, 0.29) is 18.9 Å². The van der Waals surface area contributed by atoms with Gasteiger partial charge in [0.25, 0.3) is 11.8 Å². The topological polar surface area (TPSA) is 107 Å². The number of hydrogen-bond donors (Lipinski definition) is 2. The SMILES string of the molecule is Cc1ncc(C(=O)NCC2=NOC(Cc3ccccc3)(C(N)=O)C2)s1. The zero-order valence-corrected chi connectivity index (χ0v) is 14.5. The minimum absolute atomic E-state index is 0.194. The Hall–Kier alpha value is -2.74. The van der Waals surface area contributed by atoms with Gasteiger partial charge in [-0.3, -0.25) is 9.59 Å². The molecule has 1 atom stereocenters. The van der Waals surface area contributed by atoms with Crippen LogP contribution in [0, 0.1) is 6.92 Å². The average molecular weight is 358 g/mol. The molecule has 0 aliphatic carbocycles. The van der Waals surface area contributed by atoms with E-state index in [1.807, 2.05) is 37.3 Å². The molecule has 3 N–H and O–H groups in total.